The van der Waals surface area contributed by atoms with Gasteiger partial charge in [0, 0.05) is 13.7 Å². The SMILES string of the molecule is COCc1ccc(C=CCNCC(C)C)cc1. The van der Waals surface area contributed by atoms with E-state index in [1.54, 1.807) is 7.11 Å². The largest absolute Gasteiger partial charge is 0.380 e. The zero-order valence-electron chi connectivity index (χ0n) is 11.1. The highest BCUT2D eigenvalue weighted by Crippen LogP contribution is 2.06. The Morgan fingerprint density at radius 1 is 1.24 bits per heavy atom. The van der Waals surface area contributed by atoms with E-state index in [2.05, 4.69) is 55.6 Å². The smallest absolute Gasteiger partial charge is 0.0713 e. The molecule has 0 heterocycles. The highest BCUT2D eigenvalue weighted by molar-refractivity contribution is 5.49. The van der Waals surface area contributed by atoms with Crippen molar-refractivity contribution in [2.75, 3.05) is 20.2 Å². The summed E-state index contributed by atoms with van der Waals surface area (Å²) in [5.41, 5.74) is 2.44. The molecule has 1 N–H and O–H groups in total. The highest BCUT2D eigenvalue weighted by Gasteiger charge is 1.92. The second-order valence-corrected chi connectivity index (χ2v) is 4.63. The van der Waals surface area contributed by atoms with Crippen LogP contribution in [0.3, 0.4) is 0 Å². The molecule has 0 bridgehead atoms. The minimum atomic E-state index is 0.680. The van der Waals surface area contributed by atoms with Gasteiger partial charge in [-0.2, -0.15) is 0 Å². The van der Waals surface area contributed by atoms with Crippen LogP contribution in [-0.2, 0) is 11.3 Å². The van der Waals surface area contributed by atoms with Crippen molar-refractivity contribution in [2.45, 2.75) is 20.5 Å². The van der Waals surface area contributed by atoms with Crippen LogP contribution >= 0.6 is 0 Å². The van der Waals surface area contributed by atoms with Crippen molar-refractivity contribution in [1.29, 1.82) is 0 Å². The second-order valence-electron chi connectivity index (χ2n) is 4.63. The molecular weight excluding hydrogens is 210 g/mol. The van der Waals surface area contributed by atoms with E-state index in [-0.39, 0.29) is 0 Å². The number of ether oxygens (including phenoxy) is 1. The van der Waals surface area contributed by atoms with Gasteiger partial charge in [0.25, 0.3) is 0 Å². The van der Waals surface area contributed by atoms with Crippen LogP contribution in [0.5, 0.6) is 0 Å². The Morgan fingerprint density at radius 2 is 1.94 bits per heavy atom. The van der Waals surface area contributed by atoms with Crippen LogP contribution in [0.25, 0.3) is 6.08 Å². The summed E-state index contributed by atoms with van der Waals surface area (Å²) < 4.78 is 5.08. The molecule has 0 aliphatic heterocycles. The Labute approximate surface area is 105 Å². The molecule has 0 fully saturated rings. The zero-order valence-corrected chi connectivity index (χ0v) is 11.1. The van der Waals surface area contributed by atoms with Gasteiger partial charge in [-0.3, -0.25) is 0 Å². The molecule has 0 unspecified atom stereocenters. The maximum atomic E-state index is 5.08. The summed E-state index contributed by atoms with van der Waals surface area (Å²) in [5, 5.41) is 3.38. The fraction of sp³-hybridized carbons (Fsp3) is 0.467. The first-order valence-electron chi connectivity index (χ1n) is 6.17. The third-order valence-electron chi connectivity index (χ3n) is 2.42. The van der Waals surface area contributed by atoms with E-state index < -0.39 is 0 Å². The monoisotopic (exact) mass is 233 g/mol. The van der Waals surface area contributed by atoms with E-state index >= 15 is 0 Å². The van der Waals surface area contributed by atoms with Gasteiger partial charge in [0.05, 0.1) is 6.61 Å². The summed E-state index contributed by atoms with van der Waals surface area (Å²) in [7, 11) is 1.72. The molecule has 0 radical (unpaired) electrons. The summed E-state index contributed by atoms with van der Waals surface area (Å²) >= 11 is 0. The van der Waals surface area contributed by atoms with Gasteiger partial charge in [-0.1, -0.05) is 50.3 Å². The first-order chi connectivity index (χ1) is 8.22. The fourth-order valence-corrected chi connectivity index (χ4v) is 1.54. The molecule has 0 aliphatic carbocycles. The average molecular weight is 233 g/mol. The molecule has 2 nitrogen and oxygen atoms in total. The molecule has 0 saturated heterocycles. The Kier molecular flexibility index (Phi) is 6.60. The number of benzene rings is 1. The lowest BCUT2D eigenvalue weighted by atomic mass is 10.1. The summed E-state index contributed by atoms with van der Waals surface area (Å²) in [5.74, 6) is 0.705. The number of hydrogen-bond donors (Lipinski definition) is 1. The van der Waals surface area contributed by atoms with Crippen LogP contribution < -0.4 is 5.32 Å². The number of methoxy groups -OCH3 is 1. The van der Waals surface area contributed by atoms with E-state index in [4.69, 9.17) is 4.74 Å². The minimum Gasteiger partial charge on any atom is -0.380 e. The number of hydrogen-bond acceptors (Lipinski definition) is 2. The molecule has 1 rings (SSSR count). The third-order valence-corrected chi connectivity index (χ3v) is 2.42. The molecule has 2 heteroatoms. The Hall–Kier alpha value is -1.12. The van der Waals surface area contributed by atoms with Crippen molar-refractivity contribution in [3.8, 4) is 0 Å². The predicted octanol–water partition coefficient (Wildman–Crippen LogP) is 3.09. The molecule has 1 aromatic rings. The first-order valence-corrected chi connectivity index (χ1v) is 6.17. The summed E-state index contributed by atoms with van der Waals surface area (Å²) in [6.45, 7) is 7.10. The van der Waals surface area contributed by atoms with Crippen LogP contribution in [0.4, 0.5) is 0 Å². The van der Waals surface area contributed by atoms with Crippen LogP contribution in [0.2, 0.25) is 0 Å². The molecule has 0 spiro atoms. The quantitative estimate of drug-likeness (QED) is 0.731. The normalized spacial score (nSPS) is 11.5. The van der Waals surface area contributed by atoms with Gasteiger partial charge in [-0.05, 0) is 23.6 Å². The molecule has 0 atom stereocenters. The van der Waals surface area contributed by atoms with Gasteiger partial charge < -0.3 is 10.1 Å². The van der Waals surface area contributed by atoms with Crippen molar-refractivity contribution < 1.29 is 4.74 Å². The van der Waals surface area contributed by atoms with Gasteiger partial charge in [-0.25, -0.2) is 0 Å². The van der Waals surface area contributed by atoms with E-state index in [1.807, 2.05) is 0 Å². The molecule has 1 aromatic carbocycles. The van der Waals surface area contributed by atoms with Crippen LogP contribution in [-0.4, -0.2) is 20.2 Å². The molecule has 17 heavy (non-hydrogen) atoms. The molecular formula is C15H23NO. The maximum Gasteiger partial charge on any atom is 0.0713 e. The van der Waals surface area contributed by atoms with Crippen molar-refractivity contribution in [3.63, 3.8) is 0 Å². The van der Waals surface area contributed by atoms with E-state index in [9.17, 15) is 0 Å². The van der Waals surface area contributed by atoms with Gasteiger partial charge in [0.1, 0.15) is 0 Å². The van der Waals surface area contributed by atoms with Crippen LogP contribution in [0, 0.1) is 5.92 Å². The Morgan fingerprint density at radius 3 is 2.53 bits per heavy atom. The van der Waals surface area contributed by atoms with Crippen molar-refractivity contribution in [3.05, 3.63) is 41.5 Å². The Bertz CT molecular complexity index is 327. The van der Waals surface area contributed by atoms with Crippen LogP contribution in [0.15, 0.2) is 30.3 Å². The van der Waals surface area contributed by atoms with Crippen molar-refractivity contribution >= 4 is 6.08 Å². The average Bonchev–Trinajstić information content (AvgIpc) is 2.31. The van der Waals surface area contributed by atoms with E-state index in [0.717, 1.165) is 13.1 Å². The van der Waals surface area contributed by atoms with Crippen LogP contribution in [0.1, 0.15) is 25.0 Å². The summed E-state index contributed by atoms with van der Waals surface area (Å²) in [6.07, 6.45) is 4.30. The van der Waals surface area contributed by atoms with Gasteiger partial charge in [0.2, 0.25) is 0 Å². The lowest BCUT2D eigenvalue weighted by Crippen LogP contribution is -2.19. The topological polar surface area (TPSA) is 21.3 Å². The highest BCUT2D eigenvalue weighted by atomic mass is 16.5. The van der Waals surface area contributed by atoms with Gasteiger partial charge in [-0.15, -0.1) is 0 Å². The molecule has 0 aliphatic rings. The van der Waals surface area contributed by atoms with Gasteiger partial charge >= 0.3 is 0 Å². The van der Waals surface area contributed by atoms with E-state index in [1.165, 1.54) is 11.1 Å². The standard InChI is InChI=1S/C15H23NO/c1-13(2)11-16-10-4-5-14-6-8-15(9-7-14)12-17-3/h4-9,13,16H,10-12H2,1-3H3. The molecule has 0 amide bonds. The predicted molar refractivity (Wildman–Crippen MR) is 73.9 cm³/mol. The lowest BCUT2D eigenvalue weighted by molar-refractivity contribution is 0.185. The minimum absolute atomic E-state index is 0.680. The summed E-state index contributed by atoms with van der Waals surface area (Å²) in [4.78, 5) is 0. The van der Waals surface area contributed by atoms with Crippen molar-refractivity contribution in [2.24, 2.45) is 5.92 Å². The lowest BCUT2D eigenvalue weighted by Gasteiger charge is -2.04. The number of rotatable bonds is 7. The third kappa shape index (κ3) is 6.25. The Balaban J connectivity index is 2.33. The fourth-order valence-electron chi connectivity index (χ4n) is 1.54. The summed E-state index contributed by atoms with van der Waals surface area (Å²) in [6, 6.07) is 8.44. The number of nitrogens with one attached hydrogen (secondary N) is 1. The molecule has 0 aromatic heterocycles. The molecule has 0 saturated carbocycles. The first kappa shape index (κ1) is 13.9. The molecule has 94 valence electrons. The second kappa shape index (κ2) is 8.04. The van der Waals surface area contributed by atoms with Gasteiger partial charge in [0.15, 0.2) is 0 Å². The maximum absolute atomic E-state index is 5.08. The van der Waals surface area contributed by atoms with E-state index in [0.29, 0.717) is 12.5 Å². The van der Waals surface area contributed by atoms with Crippen molar-refractivity contribution in [1.82, 2.24) is 5.32 Å². The zero-order chi connectivity index (χ0) is 12.5.